The van der Waals surface area contributed by atoms with Gasteiger partial charge in [-0.15, -0.1) is 0 Å². The van der Waals surface area contributed by atoms with Crippen LogP contribution in [0.4, 0.5) is 0 Å². The zero-order chi connectivity index (χ0) is 20.0. The molecule has 0 spiro atoms. The van der Waals surface area contributed by atoms with Crippen molar-refractivity contribution in [3.05, 3.63) is 48.0 Å². The first-order valence-corrected chi connectivity index (χ1v) is 8.23. The highest BCUT2D eigenvalue weighted by Crippen LogP contribution is 2.31. The topological polar surface area (TPSA) is 105 Å². The molecule has 8 heteroatoms. The second kappa shape index (κ2) is 8.98. The maximum atomic E-state index is 11.8. The first-order chi connectivity index (χ1) is 12.8. The fourth-order valence-corrected chi connectivity index (χ4v) is 2.71. The van der Waals surface area contributed by atoms with Gasteiger partial charge in [0.2, 0.25) is 0 Å². The van der Waals surface area contributed by atoms with Crippen LogP contribution in [0.15, 0.2) is 42.5 Å². The van der Waals surface area contributed by atoms with E-state index >= 15 is 0 Å². The van der Waals surface area contributed by atoms with Crippen LogP contribution in [0.25, 0.3) is 0 Å². The summed E-state index contributed by atoms with van der Waals surface area (Å²) in [5.74, 6) is -2.61. The van der Waals surface area contributed by atoms with Gasteiger partial charge in [0.05, 0.1) is 0 Å². The summed E-state index contributed by atoms with van der Waals surface area (Å²) >= 11 is 0. The summed E-state index contributed by atoms with van der Waals surface area (Å²) in [7, 11) is 0. The molecule has 0 N–H and O–H groups in total. The van der Waals surface area contributed by atoms with E-state index in [-0.39, 0.29) is 0 Å². The van der Waals surface area contributed by atoms with Gasteiger partial charge in [-0.25, -0.2) is 4.79 Å². The predicted octanol–water partition coefficient (Wildman–Crippen LogP) is 1.64. The summed E-state index contributed by atoms with van der Waals surface area (Å²) in [6.07, 6.45) is -2.06. The minimum Gasteiger partial charge on any atom is -0.454 e. The van der Waals surface area contributed by atoms with Gasteiger partial charge in [0.25, 0.3) is 0 Å². The summed E-state index contributed by atoms with van der Waals surface area (Å²) in [4.78, 5) is 46.5. The van der Waals surface area contributed by atoms with Crippen LogP contribution in [0.2, 0.25) is 0 Å². The summed E-state index contributed by atoms with van der Waals surface area (Å²) in [5, 5.41) is 0. The Morgan fingerprint density at radius 3 is 2.15 bits per heavy atom. The molecule has 4 atom stereocenters. The number of hydrogen-bond donors (Lipinski definition) is 0. The van der Waals surface area contributed by atoms with E-state index in [1.165, 1.54) is 26.8 Å². The second-order valence-electron chi connectivity index (χ2n) is 5.85. The normalized spacial score (nSPS) is 20.8. The number of hydrogen-bond acceptors (Lipinski definition) is 8. The van der Waals surface area contributed by atoms with Gasteiger partial charge in [-0.1, -0.05) is 30.3 Å². The summed E-state index contributed by atoms with van der Waals surface area (Å²) < 4.78 is 21.2. The van der Waals surface area contributed by atoms with E-state index in [9.17, 15) is 19.2 Å². The third-order valence-electron chi connectivity index (χ3n) is 3.65. The Bertz CT molecular complexity index is 739. The summed E-state index contributed by atoms with van der Waals surface area (Å²) in [6, 6.07) is 8.54. The van der Waals surface area contributed by atoms with Crippen molar-refractivity contribution in [3.63, 3.8) is 0 Å². The Morgan fingerprint density at radius 2 is 1.59 bits per heavy atom. The lowest BCUT2D eigenvalue weighted by Crippen LogP contribution is -2.49. The quantitative estimate of drug-likeness (QED) is 0.545. The lowest BCUT2D eigenvalue weighted by molar-refractivity contribution is -0.196. The molecule has 1 heterocycles. The number of ether oxygens (including phenoxy) is 4. The fraction of sp³-hybridized carbons (Fsp3) is 0.368. The molecule has 1 aliphatic heterocycles. The van der Waals surface area contributed by atoms with Gasteiger partial charge < -0.3 is 18.9 Å². The molecule has 0 radical (unpaired) electrons. The Hall–Kier alpha value is -3.16. The van der Waals surface area contributed by atoms with Gasteiger partial charge in [-0.2, -0.15) is 0 Å². The smallest absolute Gasteiger partial charge is 0.331 e. The number of carbonyl (C=O) groups is 4. The van der Waals surface area contributed by atoms with Crippen LogP contribution < -0.4 is 0 Å². The minimum absolute atomic E-state index is 0.520. The van der Waals surface area contributed by atoms with E-state index in [1.807, 2.05) is 0 Å². The van der Waals surface area contributed by atoms with Crippen LogP contribution in [0.5, 0.6) is 0 Å². The third-order valence-corrected chi connectivity index (χ3v) is 3.65. The van der Waals surface area contributed by atoms with E-state index in [2.05, 4.69) is 0 Å². The Balaban J connectivity index is 2.47. The van der Waals surface area contributed by atoms with Crippen molar-refractivity contribution in [1.82, 2.24) is 0 Å². The van der Waals surface area contributed by atoms with Crippen molar-refractivity contribution in [3.8, 4) is 0 Å². The fourth-order valence-electron chi connectivity index (χ4n) is 2.71. The first-order valence-electron chi connectivity index (χ1n) is 8.23. The van der Waals surface area contributed by atoms with E-state index in [0.717, 1.165) is 6.08 Å². The molecular formula is C19H20O8. The zero-order valence-corrected chi connectivity index (χ0v) is 15.1. The molecule has 0 aliphatic carbocycles. The standard InChI is InChI=1S/C19H20O8/c1-11(20)24-15-9-10-16(23)27-18(15)19(26-13(3)22)17(25-12(2)21)14-7-5-4-6-8-14/h4-10,15,17-19H,1-3H3/t15-,17-,18+,19+/m0/s1. The summed E-state index contributed by atoms with van der Waals surface area (Å²) in [6.45, 7) is 3.57. The Morgan fingerprint density at radius 1 is 0.963 bits per heavy atom. The lowest BCUT2D eigenvalue weighted by atomic mass is 9.95. The largest absolute Gasteiger partial charge is 0.454 e. The molecule has 1 aromatic carbocycles. The second-order valence-corrected chi connectivity index (χ2v) is 5.85. The molecule has 1 aromatic rings. The van der Waals surface area contributed by atoms with Crippen molar-refractivity contribution in [2.75, 3.05) is 0 Å². The molecule has 1 aliphatic rings. The van der Waals surface area contributed by atoms with Crippen molar-refractivity contribution in [2.45, 2.75) is 45.2 Å². The molecule has 0 bridgehead atoms. The highest BCUT2D eigenvalue weighted by atomic mass is 16.6. The average molecular weight is 376 g/mol. The van der Waals surface area contributed by atoms with Gasteiger partial charge in [0.1, 0.15) is 0 Å². The molecular weight excluding hydrogens is 356 g/mol. The molecule has 8 nitrogen and oxygen atoms in total. The molecule has 2 rings (SSSR count). The number of esters is 4. The van der Waals surface area contributed by atoms with Gasteiger partial charge in [-0.05, 0) is 11.6 Å². The van der Waals surface area contributed by atoms with E-state index in [4.69, 9.17) is 18.9 Å². The molecule has 0 aromatic heterocycles. The summed E-state index contributed by atoms with van der Waals surface area (Å²) in [5.41, 5.74) is 0.520. The maximum Gasteiger partial charge on any atom is 0.331 e. The average Bonchev–Trinajstić information content (AvgIpc) is 2.59. The highest BCUT2D eigenvalue weighted by Gasteiger charge is 2.44. The highest BCUT2D eigenvalue weighted by molar-refractivity contribution is 5.83. The van der Waals surface area contributed by atoms with Gasteiger partial charge >= 0.3 is 23.9 Å². The van der Waals surface area contributed by atoms with Gasteiger partial charge in [0.15, 0.2) is 24.4 Å². The molecule has 144 valence electrons. The Kier molecular flexibility index (Phi) is 6.70. The molecule has 27 heavy (non-hydrogen) atoms. The predicted molar refractivity (Wildman–Crippen MR) is 91.1 cm³/mol. The van der Waals surface area contributed by atoms with Crippen molar-refractivity contribution >= 4 is 23.9 Å². The molecule has 0 unspecified atom stereocenters. The lowest BCUT2D eigenvalue weighted by Gasteiger charge is -2.36. The van der Waals surface area contributed by atoms with E-state index < -0.39 is 48.3 Å². The number of benzene rings is 1. The Labute approximate surface area is 156 Å². The minimum atomic E-state index is -1.23. The van der Waals surface area contributed by atoms with Gasteiger partial charge in [-0.3, -0.25) is 14.4 Å². The molecule has 0 saturated heterocycles. The number of cyclic esters (lactones) is 1. The van der Waals surface area contributed by atoms with Crippen LogP contribution >= 0.6 is 0 Å². The SMILES string of the molecule is CC(=O)O[C@@H]([C@@H]1OC(=O)C=C[C@@H]1OC(C)=O)[C@@H](OC(C)=O)c1ccccc1. The van der Waals surface area contributed by atoms with Gasteiger partial charge in [0, 0.05) is 26.8 Å². The van der Waals surface area contributed by atoms with Crippen LogP contribution in [-0.4, -0.2) is 42.2 Å². The van der Waals surface area contributed by atoms with Crippen molar-refractivity contribution in [2.24, 2.45) is 0 Å². The van der Waals surface area contributed by atoms with E-state index in [0.29, 0.717) is 5.56 Å². The number of rotatable bonds is 6. The maximum absolute atomic E-state index is 11.8. The van der Waals surface area contributed by atoms with Crippen molar-refractivity contribution in [1.29, 1.82) is 0 Å². The van der Waals surface area contributed by atoms with Crippen LogP contribution in [-0.2, 0) is 38.1 Å². The molecule has 0 amide bonds. The van der Waals surface area contributed by atoms with Crippen molar-refractivity contribution < 1.29 is 38.1 Å². The first kappa shape index (κ1) is 20.2. The molecule has 0 saturated carbocycles. The number of carbonyl (C=O) groups excluding carboxylic acids is 4. The van der Waals surface area contributed by atoms with Crippen LogP contribution in [0.3, 0.4) is 0 Å². The van der Waals surface area contributed by atoms with Crippen LogP contribution in [0, 0.1) is 0 Å². The molecule has 0 fully saturated rings. The van der Waals surface area contributed by atoms with Crippen LogP contribution in [0.1, 0.15) is 32.4 Å². The third kappa shape index (κ3) is 5.67. The monoisotopic (exact) mass is 376 g/mol. The van der Waals surface area contributed by atoms with E-state index in [1.54, 1.807) is 30.3 Å². The zero-order valence-electron chi connectivity index (χ0n) is 15.1.